The van der Waals surface area contributed by atoms with Gasteiger partial charge >= 0.3 is 0 Å². The predicted molar refractivity (Wildman–Crippen MR) is 77.2 cm³/mol. The highest BCUT2D eigenvalue weighted by molar-refractivity contribution is 5.42. The van der Waals surface area contributed by atoms with Crippen LogP contribution in [0.4, 0.5) is 0 Å². The van der Waals surface area contributed by atoms with Crippen molar-refractivity contribution >= 4 is 0 Å². The number of nitrogens with one attached hydrogen (secondary N) is 1. The maximum absolute atomic E-state index is 8.95. The highest BCUT2D eigenvalue weighted by Crippen LogP contribution is 2.19. The van der Waals surface area contributed by atoms with E-state index in [2.05, 4.69) is 23.3 Å². The summed E-state index contributed by atoms with van der Waals surface area (Å²) in [6.45, 7) is 3.45. The Bertz CT molecular complexity index is 632. The van der Waals surface area contributed by atoms with Gasteiger partial charge in [0.1, 0.15) is 5.75 Å². The SMILES string of the molecule is COc1ccc(C#N)cc1CNCc1cnccc1C. The summed E-state index contributed by atoms with van der Waals surface area (Å²) in [6, 6.07) is 9.57. The van der Waals surface area contributed by atoms with Gasteiger partial charge < -0.3 is 10.1 Å². The summed E-state index contributed by atoms with van der Waals surface area (Å²) >= 11 is 0. The molecule has 1 aromatic carbocycles. The second kappa shape index (κ2) is 6.69. The topological polar surface area (TPSA) is 57.9 Å². The van der Waals surface area contributed by atoms with Crippen LogP contribution in [-0.4, -0.2) is 12.1 Å². The molecule has 102 valence electrons. The number of hydrogen-bond donors (Lipinski definition) is 1. The van der Waals surface area contributed by atoms with Crippen molar-refractivity contribution in [2.45, 2.75) is 20.0 Å². The van der Waals surface area contributed by atoms with E-state index in [-0.39, 0.29) is 0 Å². The minimum atomic E-state index is 0.639. The summed E-state index contributed by atoms with van der Waals surface area (Å²) in [5.41, 5.74) is 4.00. The zero-order valence-corrected chi connectivity index (χ0v) is 11.7. The number of benzene rings is 1. The molecule has 0 amide bonds. The van der Waals surface area contributed by atoms with E-state index in [4.69, 9.17) is 10.00 Å². The lowest BCUT2D eigenvalue weighted by Gasteiger charge is -2.11. The molecule has 0 spiro atoms. The van der Waals surface area contributed by atoms with Crippen molar-refractivity contribution in [2.24, 2.45) is 0 Å². The maximum Gasteiger partial charge on any atom is 0.123 e. The number of ether oxygens (including phenoxy) is 1. The third-order valence-corrected chi connectivity index (χ3v) is 3.19. The maximum atomic E-state index is 8.95. The average molecular weight is 267 g/mol. The minimum Gasteiger partial charge on any atom is -0.496 e. The zero-order chi connectivity index (χ0) is 14.4. The summed E-state index contributed by atoms with van der Waals surface area (Å²) in [7, 11) is 1.64. The monoisotopic (exact) mass is 267 g/mol. The van der Waals surface area contributed by atoms with Crippen LogP contribution in [0.1, 0.15) is 22.3 Å². The van der Waals surface area contributed by atoms with E-state index in [1.807, 2.05) is 24.4 Å². The Balaban J connectivity index is 2.04. The molecule has 0 saturated heterocycles. The molecule has 1 heterocycles. The van der Waals surface area contributed by atoms with Crippen molar-refractivity contribution in [3.63, 3.8) is 0 Å². The van der Waals surface area contributed by atoms with Gasteiger partial charge in [-0.3, -0.25) is 4.98 Å². The summed E-state index contributed by atoms with van der Waals surface area (Å²) in [6.07, 6.45) is 3.66. The molecule has 0 radical (unpaired) electrons. The van der Waals surface area contributed by atoms with Crippen LogP contribution >= 0.6 is 0 Å². The highest BCUT2D eigenvalue weighted by Gasteiger charge is 2.05. The number of aromatic nitrogens is 1. The van der Waals surface area contributed by atoms with Gasteiger partial charge in [-0.05, 0) is 42.3 Å². The quantitative estimate of drug-likeness (QED) is 0.904. The Labute approximate surface area is 119 Å². The van der Waals surface area contributed by atoms with Gasteiger partial charge in [-0.25, -0.2) is 0 Å². The Hall–Kier alpha value is -2.38. The lowest BCUT2D eigenvalue weighted by molar-refractivity contribution is 0.407. The highest BCUT2D eigenvalue weighted by atomic mass is 16.5. The molecule has 0 unspecified atom stereocenters. The molecule has 20 heavy (non-hydrogen) atoms. The van der Waals surface area contributed by atoms with Crippen LogP contribution in [0.2, 0.25) is 0 Å². The molecule has 4 nitrogen and oxygen atoms in total. The molecular formula is C16H17N3O. The van der Waals surface area contributed by atoms with Crippen molar-refractivity contribution in [3.8, 4) is 11.8 Å². The van der Waals surface area contributed by atoms with Crippen LogP contribution in [0.3, 0.4) is 0 Å². The van der Waals surface area contributed by atoms with E-state index in [0.29, 0.717) is 12.1 Å². The van der Waals surface area contributed by atoms with Gasteiger partial charge in [0.15, 0.2) is 0 Å². The third-order valence-electron chi connectivity index (χ3n) is 3.19. The Kier molecular flexibility index (Phi) is 4.70. The number of methoxy groups -OCH3 is 1. The lowest BCUT2D eigenvalue weighted by atomic mass is 10.1. The largest absolute Gasteiger partial charge is 0.496 e. The number of rotatable bonds is 5. The fourth-order valence-electron chi connectivity index (χ4n) is 2.00. The standard InChI is InChI=1S/C16H17N3O/c1-12-5-6-18-10-15(12)11-19-9-14-7-13(8-17)3-4-16(14)20-2/h3-7,10,19H,9,11H2,1-2H3. The number of aryl methyl sites for hydroxylation is 1. The smallest absolute Gasteiger partial charge is 0.123 e. The summed E-state index contributed by atoms with van der Waals surface area (Å²) in [4.78, 5) is 4.12. The van der Waals surface area contributed by atoms with Crippen molar-refractivity contribution in [3.05, 3.63) is 58.9 Å². The summed E-state index contributed by atoms with van der Waals surface area (Å²) in [5, 5.41) is 12.3. The molecule has 1 aromatic heterocycles. The molecule has 0 aliphatic heterocycles. The first kappa shape index (κ1) is 14.0. The van der Waals surface area contributed by atoms with Gasteiger partial charge in [0, 0.05) is 31.0 Å². The van der Waals surface area contributed by atoms with Crippen LogP contribution in [0.15, 0.2) is 36.7 Å². The molecule has 0 fully saturated rings. The second-order valence-corrected chi connectivity index (χ2v) is 4.54. The van der Waals surface area contributed by atoms with Gasteiger partial charge in [-0.15, -0.1) is 0 Å². The molecule has 0 atom stereocenters. The van der Waals surface area contributed by atoms with E-state index in [9.17, 15) is 0 Å². The molecule has 0 aliphatic rings. The van der Waals surface area contributed by atoms with Gasteiger partial charge in [-0.1, -0.05) is 0 Å². The van der Waals surface area contributed by atoms with Gasteiger partial charge in [0.2, 0.25) is 0 Å². The van der Waals surface area contributed by atoms with Crippen LogP contribution in [0.5, 0.6) is 5.75 Å². The van der Waals surface area contributed by atoms with Crippen molar-refractivity contribution in [2.75, 3.05) is 7.11 Å². The molecule has 0 saturated carbocycles. The molecule has 2 rings (SSSR count). The summed E-state index contributed by atoms with van der Waals surface area (Å²) < 4.78 is 5.31. The first-order valence-corrected chi connectivity index (χ1v) is 6.42. The molecule has 2 aromatic rings. The lowest BCUT2D eigenvalue weighted by Crippen LogP contribution is -2.14. The van der Waals surface area contributed by atoms with Crippen LogP contribution in [0, 0.1) is 18.3 Å². The molecule has 0 aliphatic carbocycles. The zero-order valence-electron chi connectivity index (χ0n) is 11.7. The average Bonchev–Trinajstić information content (AvgIpc) is 2.49. The van der Waals surface area contributed by atoms with Crippen LogP contribution in [-0.2, 0) is 13.1 Å². The van der Waals surface area contributed by atoms with Gasteiger partial charge in [0.25, 0.3) is 0 Å². The second-order valence-electron chi connectivity index (χ2n) is 4.54. The minimum absolute atomic E-state index is 0.639. The van der Waals surface area contributed by atoms with Gasteiger partial charge in [-0.2, -0.15) is 5.26 Å². The number of pyridine rings is 1. The van der Waals surface area contributed by atoms with Gasteiger partial charge in [0.05, 0.1) is 18.7 Å². The van der Waals surface area contributed by atoms with Crippen molar-refractivity contribution < 1.29 is 4.74 Å². The molecule has 0 bridgehead atoms. The first-order valence-electron chi connectivity index (χ1n) is 6.42. The molecule has 4 heteroatoms. The van der Waals surface area contributed by atoms with E-state index in [1.165, 1.54) is 11.1 Å². The number of nitrogens with zero attached hydrogens (tertiary/aromatic N) is 2. The Morgan fingerprint density at radius 3 is 2.75 bits per heavy atom. The number of hydrogen-bond acceptors (Lipinski definition) is 4. The van der Waals surface area contributed by atoms with Crippen LogP contribution < -0.4 is 10.1 Å². The number of nitriles is 1. The fourth-order valence-corrected chi connectivity index (χ4v) is 2.00. The molecular weight excluding hydrogens is 250 g/mol. The summed E-state index contributed by atoms with van der Waals surface area (Å²) in [5.74, 6) is 0.791. The van der Waals surface area contributed by atoms with Crippen molar-refractivity contribution in [1.29, 1.82) is 5.26 Å². The normalized spacial score (nSPS) is 10.1. The van der Waals surface area contributed by atoms with E-state index < -0.39 is 0 Å². The van der Waals surface area contributed by atoms with E-state index in [0.717, 1.165) is 17.9 Å². The van der Waals surface area contributed by atoms with Crippen molar-refractivity contribution in [1.82, 2.24) is 10.3 Å². The Morgan fingerprint density at radius 1 is 1.25 bits per heavy atom. The predicted octanol–water partition coefficient (Wildman–Crippen LogP) is 2.56. The molecule has 1 N–H and O–H groups in total. The Morgan fingerprint density at radius 2 is 2.05 bits per heavy atom. The fraction of sp³-hybridized carbons (Fsp3) is 0.250. The van der Waals surface area contributed by atoms with E-state index in [1.54, 1.807) is 19.4 Å². The first-order chi connectivity index (χ1) is 9.74. The third kappa shape index (κ3) is 3.34. The van der Waals surface area contributed by atoms with E-state index >= 15 is 0 Å². The van der Waals surface area contributed by atoms with Crippen LogP contribution in [0.25, 0.3) is 0 Å².